The molecule has 2 aromatic heterocycles. The van der Waals surface area contributed by atoms with Crippen molar-refractivity contribution in [2.45, 2.75) is 10.8 Å². The second-order valence-corrected chi connectivity index (χ2v) is 7.97. The van der Waals surface area contributed by atoms with E-state index in [1.54, 1.807) is 0 Å². The third-order valence-electron chi connectivity index (χ3n) is 2.00. The van der Waals surface area contributed by atoms with E-state index in [1.165, 1.54) is 17.5 Å². The molecule has 19 heavy (non-hydrogen) atoms. The number of hydrogen-bond acceptors (Lipinski definition) is 6. The number of nitrogens with one attached hydrogen (secondary N) is 1. The van der Waals surface area contributed by atoms with Crippen LogP contribution < -0.4 is 4.72 Å². The lowest BCUT2D eigenvalue weighted by Crippen LogP contribution is -2.22. The van der Waals surface area contributed by atoms with E-state index in [2.05, 4.69) is 9.71 Å². The summed E-state index contributed by atoms with van der Waals surface area (Å²) < 4.78 is 26.5. The van der Waals surface area contributed by atoms with Gasteiger partial charge in [-0.3, -0.25) is 0 Å². The van der Waals surface area contributed by atoms with Crippen LogP contribution in [0.1, 0.15) is 15.5 Å². The zero-order valence-corrected chi connectivity index (χ0v) is 12.4. The van der Waals surface area contributed by atoms with E-state index < -0.39 is 16.0 Å². The Bertz CT molecular complexity index is 707. The maximum Gasteiger partial charge on any atom is 0.355 e. The summed E-state index contributed by atoms with van der Waals surface area (Å²) in [6.45, 7) is -0.0597. The van der Waals surface area contributed by atoms with E-state index in [0.717, 1.165) is 22.7 Å². The van der Waals surface area contributed by atoms with Gasteiger partial charge in [0.25, 0.3) is 0 Å². The SMILES string of the molecule is O=C(O)c1csc(CNS(=O)(=O)c2ccc(Cl)s2)n1. The largest absolute Gasteiger partial charge is 0.476 e. The monoisotopic (exact) mass is 338 g/mol. The summed E-state index contributed by atoms with van der Waals surface area (Å²) in [5.74, 6) is -1.14. The maximum absolute atomic E-state index is 11.9. The van der Waals surface area contributed by atoms with Gasteiger partial charge in [0.05, 0.1) is 10.9 Å². The molecule has 0 unspecified atom stereocenters. The van der Waals surface area contributed by atoms with Gasteiger partial charge in [0.15, 0.2) is 5.69 Å². The molecular weight excluding hydrogens is 332 g/mol. The molecule has 2 heterocycles. The molecule has 10 heteroatoms. The molecule has 0 amide bonds. The van der Waals surface area contributed by atoms with Crippen LogP contribution in [-0.2, 0) is 16.6 Å². The Balaban J connectivity index is 2.07. The van der Waals surface area contributed by atoms with Crippen molar-refractivity contribution in [1.29, 1.82) is 0 Å². The number of halogens is 1. The molecule has 0 radical (unpaired) electrons. The third-order valence-corrected chi connectivity index (χ3v) is 5.97. The number of aromatic nitrogens is 1. The Morgan fingerprint density at radius 1 is 1.47 bits per heavy atom. The Labute approximate surface area is 121 Å². The molecular formula is C9H7ClN2O4S3. The van der Waals surface area contributed by atoms with Gasteiger partial charge in [-0.15, -0.1) is 22.7 Å². The van der Waals surface area contributed by atoms with E-state index in [9.17, 15) is 13.2 Å². The van der Waals surface area contributed by atoms with Crippen LogP contribution in [0, 0.1) is 0 Å². The Morgan fingerprint density at radius 3 is 2.74 bits per heavy atom. The second-order valence-electron chi connectivity index (χ2n) is 3.31. The molecule has 2 rings (SSSR count). The Morgan fingerprint density at radius 2 is 2.21 bits per heavy atom. The number of nitrogens with zero attached hydrogens (tertiary/aromatic N) is 1. The van der Waals surface area contributed by atoms with Crippen LogP contribution in [0.4, 0.5) is 0 Å². The van der Waals surface area contributed by atoms with Crippen LogP contribution in [0.3, 0.4) is 0 Å². The molecule has 0 aliphatic heterocycles. The predicted octanol–water partition coefficient (Wildman–Crippen LogP) is 2.03. The fraction of sp³-hybridized carbons (Fsp3) is 0.111. The zero-order chi connectivity index (χ0) is 14.0. The summed E-state index contributed by atoms with van der Waals surface area (Å²) in [6.07, 6.45) is 0. The smallest absolute Gasteiger partial charge is 0.355 e. The normalized spacial score (nSPS) is 11.6. The van der Waals surface area contributed by atoms with Crippen LogP contribution in [0.5, 0.6) is 0 Å². The molecule has 2 aromatic rings. The molecule has 0 saturated carbocycles. The Kier molecular flexibility index (Phi) is 4.21. The average molecular weight is 339 g/mol. The van der Waals surface area contributed by atoms with Crippen LogP contribution in [0.2, 0.25) is 4.34 Å². The number of rotatable bonds is 5. The van der Waals surface area contributed by atoms with Gasteiger partial charge >= 0.3 is 5.97 Å². The highest BCUT2D eigenvalue weighted by atomic mass is 35.5. The minimum absolute atomic E-state index is 0.0597. The zero-order valence-electron chi connectivity index (χ0n) is 9.16. The number of carbonyl (C=O) groups is 1. The van der Waals surface area contributed by atoms with E-state index in [1.807, 2.05) is 0 Å². The number of sulfonamides is 1. The van der Waals surface area contributed by atoms with Crippen molar-refractivity contribution >= 4 is 50.3 Å². The molecule has 6 nitrogen and oxygen atoms in total. The maximum atomic E-state index is 11.9. The topological polar surface area (TPSA) is 96.4 Å². The molecule has 0 spiro atoms. The van der Waals surface area contributed by atoms with E-state index in [-0.39, 0.29) is 16.4 Å². The van der Waals surface area contributed by atoms with Crippen molar-refractivity contribution in [2.24, 2.45) is 0 Å². The summed E-state index contributed by atoms with van der Waals surface area (Å²) in [5, 5.41) is 10.4. The molecule has 0 aromatic carbocycles. The molecule has 102 valence electrons. The molecule has 0 fully saturated rings. The lowest BCUT2D eigenvalue weighted by molar-refractivity contribution is 0.0691. The Hall–Kier alpha value is -1.00. The van der Waals surface area contributed by atoms with Gasteiger partial charge in [0.2, 0.25) is 10.0 Å². The van der Waals surface area contributed by atoms with Gasteiger partial charge < -0.3 is 5.11 Å². The summed E-state index contributed by atoms with van der Waals surface area (Å²) in [7, 11) is -3.65. The summed E-state index contributed by atoms with van der Waals surface area (Å²) in [4.78, 5) is 14.4. The predicted molar refractivity (Wildman–Crippen MR) is 72.4 cm³/mol. The number of thiophene rings is 1. The standard InChI is InChI=1S/C9H7ClN2O4S3/c10-6-1-2-8(18-6)19(15,16)11-3-7-12-5(4-17-7)9(13)14/h1-2,4,11H,3H2,(H,13,14). The number of aromatic carboxylic acids is 1. The van der Waals surface area contributed by atoms with Gasteiger partial charge in [-0.05, 0) is 12.1 Å². The highest BCUT2D eigenvalue weighted by Crippen LogP contribution is 2.25. The molecule has 2 N–H and O–H groups in total. The second kappa shape index (κ2) is 5.55. The summed E-state index contributed by atoms with van der Waals surface area (Å²) in [5.41, 5.74) is -0.0987. The molecule has 0 bridgehead atoms. The van der Waals surface area contributed by atoms with Crippen molar-refractivity contribution in [3.63, 3.8) is 0 Å². The van der Waals surface area contributed by atoms with E-state index >= 15 is 0 Å². The molecule has 0 aliphatic carbocycles. The van der Waals surface area contributed by atoms with Crippen molar-refractivity contribution in [1.82, 2.24) is 9.71 Å². The number of carboxylic acids is 1. The minimum Gasteiger partial charge on any atom is -0.476 e. The van der Waals surface area contributed by atoms with Crippen LogP contribution in [-0.4, -0.2) is 24.5 Å². The van der Waals surface area contributed by atoms with Crippen LogP contribution in [0.15, 0.2) is 21.7 Å². The minimum atomic E-state index is -3.65. The van der Waals surface area contributed by atoms with Gasteiger partial charge in [-0.1, -0.05) is 11.6 Å². The van der Waals surface area contributed by atoms with Gasteiger partial charge in [-0.25, -0.2) is 22.9 Å². The fourth-order valence-electron chi connectivity index (χ4n) is 1.16. The van der Waals surface area contributed by atoms with Crippen LogP contribution >= 0.6 is 34.3 Å². The van der Waals surface area contributed by atoms with Crippen molar-refractivity contribution in [2.75, 3.05) is 0 Å². The third kappa shape index (κ3) is 3.51. The number of carboxylic acid groups (broad SMARTS) is 1. The van der Waals surface area contributed by atoms with Crippen molar-refractivity contribution < 1.29 is 18.3 Å². The molecule has 0 aliphatic rings. The first-order chi connectivity index (χ1) is 8.88. The van der Waals surface area contributed by atoms with Crippen molar-refractivity contribution in [3.8, 4) is 0 Å². The quantitative estimate of drug-likeness (QED) is 0.869. The highest BCUT2D eigenvalue weighted by molar-refractivity contribution is 7.91. The number of hydrogen-bond donors (Lipinski definition) is 2. The van der Waals surface area contributed by atoms with Gasteiger partial charge in [0.1, 0.15) is 9.22 Å². The first-order valence-corrected chi connectivity index (χ1v) is 8.37. The van der Waals surface area contributed by atoms with Gasteiger partial charge in [0, 0.05) is 5.38 Å². The molecule has 0 saturated heterocycles. The highest BCUT2D eigenvalue weighted by Gasteiger charge is 2.17. The van der Waals surface area contributed by atoms with Crippen molar-refractivity contribution in [3.05, 3.63) is 32.6 Å². The fourth-order valence-corrected chi connectivity index (χ4v) is 4.47. The van der Waals surface area contributed by atoms with E-state index in [4.69, 9.17) is 16.7 Å². The van der Waals surface area contributed by atoms with Crippen LogP contribution in [0.25, 0.3) is 0 Å². The van der Waals surface area contributed by atoms with Gasteiger partial charge in [-0.2, -0.15) is 0 Å². The van der Waals surface area contributed by atoms with E-state index in [0.29, 0.717) is 9.34 Å². The number of thiazole rings is 1. The average Bonchev–Trinajstić information content (AvgIpc) is 2.95. The first kappa shape index (κ1) is 14.4. The lowest BCUT2D eigenvalue weighted by atomic mass is 10.5. The lowest BCUT2D eigenvalue weighted by Gasteiger charge is -2.01. The summed E-state index contributed by atoms with van der Waals surface area (Å²) >= 11 is 7.69. The first-order valence-electron chi connectivity index (χ1n) is 4.81. The molecule has 0 atom stereocenters. The summed E-state index contributed by atoms with van der Waals surface area (Å²) in [6, 6.07) is 2.90.